The van der Waals surface area contributed by atoms with Crippen LogP contribution in [-0.2, 0) is 9.59 Å². The van der Waals surface area contributed by atoms with Crippen molar-refractivity contribution in [3.05, 3.63) is 114 Å². The minimum Gasteiger partial charge on any atom is -0.497 e. The highest BCUT2D eigenvalue weighted by atomic mass is 32.2. The number of hydrogen-bond acceptors (Lipinski definition) is 8. The highest BCUT2D eigenvalue weighted by Crippen LogP contribution is 2.29. The van der Waals surface area contributed by atoms with E-state index >= 15 is 0 Å². The number of anilines is 3. The van der Waals surface area contributed by atoms with Crippen LogP contribution in [-0.4, -0.2) is 49.7 Å². The van der Waals surface area contributed by atoms with Gasteiger partial charge in [-0.25, -0.2) is 4.98 Å². The normalized spacial score (nSPS) is 11.1. The van der Waals surface area contributed by atoms with Crippen molar-refractivity contribution < 1.29 is 19.1 Å². The molecule has 4 aromatic carbocycles. The number of thiazole rings is 1. The van der Waals surface area contributed by atoms with Gasteiger partial charge in [0.2, 0.25) is 5.91 Å². The Bertz CT molecular complexity index is 1850. The lowest BCUT2D eigenvalue weighted by Gasteiger charge is -2.14. The summed E-state index contributed by atoms with van der Waals surface area (Å²) in [4.78, 5) is 46.3. The molecule has 228 valence electrons. The van der Waals surface area contributed by atoms with Gasteiger partial charge in [0, 0.05) is 35.9 Å². The molecule has 0 aliphatic heterocycles. The third-order valence-corrected chi connectivity index (χ3v) is 8.48. The molecule has 0 aliphatic rings. The first-order valence-electron chi connectivity index (χ1n) is 13.9. The molecule has 0 saturated carbocycles. The van der Waals surface area contributed by atoms with Crippen LogP contribution in [0.3, 0.4) is 0 Å². The van der Waals surface area contributed by atoms with Crippen LogP contribution in [0.25, 0.3) is 16.3 Å². The van der Waals surface area contributed by atoms with Gasteiger partial charge in [0.25, 0.3) is 11.8 Å². The molecule has 9 nitrogen and oxygen atoms in total. The van der Waals surface area contributed by atoms with Crippen molar-refractivity contribution in [2.45, 2.75) is 4.90 Å². The van der Waals surface area contributed by atoms with Crippen LogP contribution in [0.2, 0.25) is 0 Å². The van der Waals surface area contributed by atoms with E-state index in [1.807, 2.05) is 73.6 Å². The minimum atomic E-state index is -0.483. The fraction of sp³-hybridized carbons (Fsp3) is 0.118. The average molecular weight is 638 g/mol. The number of carbonyl (C=O) groups excluding carboxylic acids is 3. The van der Waals surface area contributed by atoms with E-state index in [4.69, 9.17) is 4.74 Å². The van der Waals surface area contributed by atoms with Gasteiger partial charge in [-0.05, 0) is 72.3 Å². The van der Waals surface area contributed by atoms with E-state index in [0.717, 1.165) is 32.1 Å². The number of rotatable bonds is 11. The molecule has 1 heterocycles. The third kappa shape index (κ3) is 8.49. The first-order chi connectivity index (χ1) is 21.8. The summed E-state index contributed by atoms with van der Waals surface area (Å²) in [6.07, 6.45) is 1.64. The molecular weight excluding hydrogens is 607 g/mol. The molecule has 0 saturated heterocycles. The second-order valence-electron chi connectivity index (χ2n) is 10.0. The van der Waals surface area contributed by atoms with Gasteiger partial charge in [0.1, 0.15) is 11.4 Å². The van der Waals surface area contributed by atoms with Crippen molar-refractivity contribution >= 4 is 73.6 Å². The van der Waals surface area contributed by atoms with Crippen molar-refractivity contribution in [1.82, 2.24) is 10.3 Å². The highest BCUT2D eigenvalue weighted by molar-refractivity contribution is 8.00. The first kappa shape index (κ1) is 31.3. The van der Waals surface area contributed by atoms with Crippen LogP contribution in [0.4, 0.5) is 16.5 Å². The number of aromatic nitrogens is 1. The van der Waals surface area contributed by atoms with Crippen LogP contribution >= 0.6 is 23.1 Å². The maximum absolute atomic E-state index is 13.5. The van der Waals surface area contributed by atoms with Gasteiger partial charge in [-0.1, -0.05) is 47.7 Å². The van der Waals surface area contributed by atoms with Crippen LogP contribution < -0.4 is 25.6 Å². The number of nitrogens with zero attached hydrogens (tertiary/aromatic N) is 2. The largest absolute Gasteiger partial charge is 0.497 e. The van der Waals surface area contributed by atoms with Gasteiger partial charge >= 0.3 is 0 Å². The monoisotopic (exact) mass is 637 g/mol. The number of carbonyl (C=O) groups is 3. The van der Waals surface area contributed by atoms with Crippen molar-refractivity contribution in [2.75, 3.05) is 42.5 Å². The third-order valence-electron chi connectivity index (χ3n) is 6.55. The molecule has 0 unspecified atom stereocenters. The summed E-state index contributed by atoms with van der Waals surface area (Å²) in [6.45, 7) is 0. The van der Waals surface area contributed by atoms with Crippen molar-refractivity contribution in [1.29, 1.82) is 0 Å². The van der Waals surface area contributed by atoms with E-state index < -0.39 is 11.8 Å². The number of methoxy groups -OCH3 is 1. The summed E-state index contributed by atoms with van der Waals surface area (Å²) >= 11 is 2.71. The molecule has 3 amide bonds. The molecule has 5 rings (SSSR count). The minimum absolute atomic E-state index is 0.0901. The van der Waals surface area contributed by atoms with E-state index in [0.29, 0.717) is 16.4 Å². The Labute approximate surface area is 269 Å². The molecule has 0 bridgehead atoms. The summed E-state index contributed by atoms with van der Waals surface area (Å²) in [6, 6.07) is 29.1. The molecule has 0 radical (unpaired) electrons. The quantitative estimate of drug-likeness (QED) is 0.112. The molecule has 0 spiro atoms. The first-order valence-corrected chi connectivity index (χ1v) is 15.7. The van der Waals surface area contributed by atoms with Crippen LogP contribution in [0.5, 0.6) is 5.75 Å². The lowest BCUT2D eigenvalue weighted by Crippen LogP contribution is -2.30. The zero-order valence-electron chi connectivity index (χ0n) is 24.9. The zero-order valence-corrected chi connectivity index (χ0v) is 26.5. The van der Waals surface area contributed by atoms with Crippen LogP contribution in [0.1, 0.15) is 15.9 Å². The number of hydrogen-bond donors (Lipinski definition) is 3. The van der Waals surface area contributed by atoms with E-state index in [1.54, 1.807) is 55.7 Å². The Balaban J connectivity index is 1.25. The summed E-state index contributed by atoms with van der Waals surface area (Å²) in [5.74, 6) is -0.202. The van der Waals surface area contributed by atoms with Gasteiger partial charge in [-0.15, -0.1) is 11.8 Å². The maximum Gasteiger partial charge on any atom is 0.272 e. The number of amides is 3. The lowest BCUT2D eigenvalue weighted by molar-refractivity contribution is -0.114. The van der Waals surface area contributed by atoms with Gasteiger partial charge in [-0.3, -0.25) is 14.4 Å². The fourth-order valence-corrected chi connectivity index (χ4v) is 5.89. The molecular formula is C34H31N5O4S2. The number of fused-ring (bicyclic) bond motifs is 1. The molecule has 0 aliphatic carbocycles. The highest BCUT2D eigenvalue weighted by Gasteiger charge is 2.16. The van der Waals surface area contributed by atoms with Crippen molar-refractivity contribution in [3.8, 4) is 5.75 Å². The van der Waals surface area contributed by atoms with E-state index in [2.05, 4.69) is 20.9 Å². The summed E-state index contributed by atoms with van der Waals surface area (Å²) < 4.78 is 6.17. The second kappa shape index (κ2) is 14.6. The molecule has 11 heteroatoms. The van der Waals surface area contributed by atoms with Crippen molar-refractivity contribution in [2.24, 2.45) is 0 Å². The Kier molecular flexibility index (Phi) is 10.1. The molecule has 1 aromatic heterocycles. The maximum atomic E-state index is 13.5. The van der Waals surface area contributed by atoms with Crippen LogP contribution in [0.15, 0.2) is 108 Å². The number of benzene rings is 4. The molecule has 45 heavy (non-hydrogen) atoms. The van der Waals surface area contributed by atoms with E-state index in [-0.39, 0.29) is 17.4 Å². The van der Waals surface area contributed by atoms with E-state index in [1.165, 1.54) is 23.1 Å². The summed E-state index contributed by atoms with van der Waals surface area (Å²) in [5.41, 5.74) is 3.59. The number of nitrogens with one attached hydrogen (secondary N) is 3. The molecule has 5 aromatic rings. The lowest BCUT2D eigenvalue weighted by atomic mass is 10.1. The average Bonchev–Trinajstić information content (AvgIpc) is 3.45. The Morgan fingerprint density at radius 1 is 0.911 bits per heavy atom. The predicted molar refractivity (Wildman–Crippen MR) is 183 cm³/mol. The fourth-order valence-electron chi connectivity index (χ4n) is 4.23. The molecule has 3 N–H and O–H groups in total. The summed E-state index contributed by atoms with van der Waals surface area (Å²) in [5, 5.41) is 9.00. The second-order valence-corrected chi connectivity index (χ2v) is 12.1. The van der Waals surface area contributed by atoms with Crippen molar-refractivity contribution in [3.63, 3.8) is 0 Å². The van der Waals surface area contributed by atoms with Crippen LogP contribution in [0, 0.1) is 0 Å². The SMILES string of the molecule is COc1ccc2nc(NC(=O)CSc3cccc(NC(=O)/C(=C\c4ccc(N(C)C)cc4)NC(=O)c4ccccc4)c3)sc2c1. The Morgan fingerprint density at radius 2 is 1.69 bits per heavy atom. The zero-order chi connectivity index (χ0) is 31.8. The van der Waals surface area contributed by atoms with Gasteiger partial charge in [0.05, 0.1) is 23.1 Å². The van der Waals surface area contributed by atoms with Gasteiger partial charge < -0.3 is 25.6 Å². The molecule has 0 fully saturated rings. The van der Waals surface area contributed by atoms with Gasteiger partial charge in [-0.2, -0.15) is 0 Å². The number of ether oxygens (including phenoxy) is 1. The smallest absolute Gasteiger partial charge is 0.272 e. The van der Waals surface area contributed by atoms with Gasteiger partial charge in [0.15, 0.2) is 5.13 Å². The standard InChI is InChI=1S/C34H31N5O4S2/c1-39(2)25-14-12-22(13-15-25)18-29(36-32(41)23-8-5-4-6-9-23)33(42)35-24-10-7-11-27(19-24)44-21-31(40)38-34-37-28-17-16-26(43-3)20-30(28)45-34/h4-20H,21H2,1-3H3,(H,35,42)(H,36,41)(H,37,38,40)/b29-18+. The Morgan fingerprint density at radius 3 is 2.42 bits per heavy atom. The number of thioether (sulfide) groups is 1. The molecule has 0 atom stereocenters. The summed E-state index contributed by atoms with van der Waals surface area (Å²) in [7, 11) is 5.50. The Hall–Kier alpha value is -5.13. The van der Waals surface area contributed by atoms with E-state index in [9.17, 15) is 14.4 Å². The topological polar surface area (TPSA) is 113 Å². The predicted octanol–water partition coefficient (Wildman–Crippen LogP) is 6.51.